The Kier molecular flexibility index (Phi) is 8.43. The summed E-state index contributed by atoms with van der Waals surface area (Å²) >= 11 is 2.09. The summed E-state index contributed by atoms with van der Waals surface area (Å²) in [6, 6.07) is 17.0. The molecule has 0 saturated heterocycles. The Bertz CT molecular complexity index is 1340. The lowest BCUT2D eigenvalue weighted by Crippen LogP contribution is -2.13. The molecule has 8 nitrogen and oxygen atoms in total. The zero-order valence-corrected chi connectivity index (χ0v) is 21.5. The van der Waals surface area contributed by atoms with Crippen LogP contribution in [0.15, 0.2) is 60.2 Å². The highest BCUT2D eigenvalue weighted by Crippen LogP contribution is 2.35. The van der Waals surface area contributed by atoms with E-state index in [1.54, 1.807) is 30.3 Å². The standard InChI is InChI=1S/C26H22IN3O5/c1-16-4-7-21(10-17(16)2)29-26(31)20(14-28)11-19-12-23(27)25(24(13-19)34-3)35-15-18-5-8-22(9-6-18)30(32)33/h4-13H,15H2,1-3H3,(H,29,31)/b20-11+. The zero-order chi connectivity index (χ0) is 25.5. The number of non-ortho nitro benzene ring substituents is 1. The molecule has 35 heavy (non-hydrogen) atoms. The summed E-state index contributed by atoms with van der Waals surface area (Å²) in [6.45, 7) is 4.11. The van der Waals surface area contributed by atoms with Crippen LogP contribution < -0.4 is 14.8 Å². The largest absolute Gasteiger partial charge is 0.493 e. The van der Waals surface area contributed by atoms with Gasteiger partial charge in [0.1, 0.15) is 18.2 Å². The number of benzene rings is 3. The predicted molar refractivity (Wildman–Crippen MR) is 141 cm³/mol. The number of nitrogens with one attached hydrogen (secondary N) is 1. The average molecular weight is 583 g/mol. The second-order valence-corrected chi connectivity index (χ2v) is 8.83. The summed E-state index contributed by atoms with van der Waals surface area (Å²) in [5.41, 5.74) is 4.06. The van der Waals surface area contributed by atoms with Gasteiger partial charge in [-0.05, 0) is 101 Å². The smallest absolute Gasteiger partial charge is 0.269 e. The van der Waals surface area contributed by atoms with Crippen LogP contribution in [0.2, 0.25) is 0 Å². The maximum absolute atomic E-state index is 12.7. The Morgan fingerprint density at radius 3 is 2.46 bits per heavy atom. The lowest BCUT2D eigenvalue weighted by molar-refractivity contribution is -0.384. The van der Waals surface area contributed by atoms with Gasteiger partial charge >= 0.3 is 0 Å². The molecule has 0 aliphatic rings. The summed E-state index contributed by atoms with van der Waals surface area (Å²) < 4.78 is 12.1. The van der Waals surface area contributed by atoms with Crippen molar-refractivity contribution >= 4 is 45.9 Å². The molecule has 0 atom stereocenters. The Morgan fingerprint density at radius 2 is 1.86 bits per heavy atom. The first-order valence-electron chi connectivity index (χ1n) is 10.5. The molecule has 1 amide bonds. The molecule has 0 spiro atoms. The van der Waals surface area contributed by atoms with Crippen LogP contribution in [-0.2, 0) is 11.4 Å². The molecule has 3 aromatic carbocycles. The van der Waals surface area contributed by atoms with Gasteiger partial charge in [0.25, 0.3) is 11.6 Å². The minimum absolute atomic E-state index is 0.00639. The van der Waals surface area contributed by atoms with Crippen LogP contribution in [0, 0.1) is 38.9 Å². The van der Waals surface area contributed by atoms with E-state index in [4.69, 9.17) is 9.47 Å². The Morgan fingerprint density at radius 1 is 1.14 bits per heavy atom. The second kappa shape index (κ2) is 11.5. The fourth-order valence-electron chi connectivity index (χ4n) is 3.17. The summed E-state index contributed by atoms with van der Waals surface area (Å²) in [4.78, 5) is 23.0. The van der Waals surface area contributed by atoms with Crippen LogP contribution >= 0.6 is 22.6 Å². The highest BCUT2D eigenvalue weighted by molar-refractivity contribution is 14.1. The lowest BCUT2D eigenvalue weighted by Gasteiger charge is -2.14. The third-order valence-corrected chi connectivity index (χ3v) is 6.02. The maximum atomic E-state index is 12.7. The van der Waals surface area contributed by atoms with E-state index in [9.17, 15) is 20.2 Å². The molecule has 178 valence electrons. The van der Waals surface area contributed by atoms with Crippen molar-refractivity contribution in [2.24, 2.45) is 0 Å². The molecule has 3 rings (SSSR count). The molecule has 0 fully saturated rings. The monoisotopic (exact) mass is 583 g/mol. The van der Waals surface area contributed by atoms with Crippen LogP contribution in [0.4, 0.5) is 11.4 Å². The molecule has 9 heteroatoms. The van der Waals surface area contributed by atoms with E-state index < -0.39 is 10.8 Å². The van der Waals surface area contributed by atoms with Gasteiger partial charge in [-0.25, -0.2) is 0 Å². The number of ether oxygens (including phenoxy) is 2. The summed E-state index contributed by atoms with van der Waals surface area (Å²) in [5, 5.41) is 23.1. The average Bonchev–Trinajstić information content (AvgIpc) is 2.84. The maximum Gasteiger partial charge on any atom is 0.269 e. The van der Waals surface area contributed by atoms with Crippen molar-refractivity contribution in [3.05, 3.63) is 96.1 Å². The zero-order valence-electron chi connectivity index (χ0n) is 19.3. The number of hydrogen-bond acceptors (Lipinski definition) is 6. The first-order chi connectivity index (χ1) is 16.7. The van der Waals surface area contributed by atoms with E-state index in [2.05, 4.69) is 27.9 Å². The number of nitriles is 1. The molecule has 0 aliphatic heterocycles. The fraction of sp³-hybridized carbons (Fsp3) is 0.154. The molecule has 0 aliphatic carbocycles. The van der Waals surface area contributed by atoms with Gasteiger partial charge in [0.05, 0.1) is 15.6 Å². The molecule has 0 heterocycles. The van der Waals surface area contributed by atoms with Gasteiger partial charge in [-0.2, -0.15) is 5.26 Å². The number of nitrogens with zero attached hydrogens (tertiary/aromatic N) is 2. The van der Waals surface area contributed by atoms with E-state index in [1.807, 2.05) is 32.0 Å². The van der Waals surface area contributed by atoms with Crippen molar-refractivity contribution in [2.75, 3.05) is 12.4 Å². The van der Waals surface area contributed by atoms with Crippen molar-refractivity contribution in [1.82, 2.24) is 0 Å². The Labute approximate surface area is 216 Å². The molecule has 0 aromatic heterocycles. The van der Waals surface area contributed by atoms with E-state index in [0.29, 0.717) is 26.3 Å². The summed E-state index contributed by atoms with van der Waals surface area (Å²) in [6.07, 6.45) is 1.49. The van der Waals surface area contributed by atoms with Gasteiger partial charge in [0.15, 0.2) is 11.5 Å². The van der Waals surface area contributed by atoms with Crippen LogP contribution in [0.5, 0.6) is 11.5 Å². The summed E-state index contributed by atoms with van der Waals surface area (Å²) in [7, 11) is 1.50. The first kappa shape index (κ1) is 25.7. The molecular formula is C26H22IN3O5. The summed E-state index contributed by atoms with van der Waals surface area (Å²) in [5.74, 6) is 0.404. The van der Waals surface area contributed by atoms with Gasteiger partial charge in [-0.3, -0.25) is 14.9 Å². The van der Waals surface area contributed by atoms with Crippen molar-refractivity contribution in [1.29, 1.82) is 5.26 Å². The van der Waals surface area contributed by atoms with Gasteiger partial charge in [0, 0.05) is 17.8 Å². The van der Waals surface area contributed by atoms with E-state index in [-0.39, 0.29) is 17.9 Å². The number of anilines is 1. The number of hydrogen-bond donors (Lipinski definition) is 1. The van der Waals surface area contributed by atoms with Crippen LogP contribution in [0.25, 0.3) is 6.08 Å². The molecule has 3 aromatic rings. The van der Waals surface area contributed by atoms with Crippen LogP contribution in [-0.4, -0.2) is 17.9 Å². The molecule has 1 N–H and O–H groups in total. The first-order valence-corrected chi connectivity index (χ1v) is 11.5. The molecule has 0 unspecified atom stereocenters. The number of rotatable bonds is 8. The minimum Gasteiger partial charge on any atom is -0.493 e. The number of nitro benzene ring substituents is 1. The highest BCUT2D eigenvalue weighted by atomic mass is 127. The number of carbonyl (C=O) groups is 1. The highest BCUT2D eigenvalue weighted by Gasteiger charge is 2.15. The van der Waals surface area contributed by atoms with Gasteiger partial charge < -0.3 is 14.8 Å². The minimum atomic E-state index is -0.511. The number of amides is 1. The van der Waals surface area contributed by atoms with E-state index in [0.717, 1.165) is 16.7 Å². The number of halogens is 1. The normalized spacial score (nSPS) is 10.9. The van der Waals surface area contributed by atoms with Crippen LogP contribution in [0.3, 0.4) is 0 Å². The number of carbonyl (C=O) groups excluding carboxylic acids is 1. The Hall–Kier alpha value is -3.91. The molecule has 0 saturated carbocycles. The van der Waals surface area contributed by atoms with Crippen molar-refractivity contribution in [3.63, 3.8) is 0 Å². The van der Waals surface area contributed by atoms with Crippen molar-refractivity contribution < 1.29 is 19.2 Å². The number of methoxy groups -OCH3 is 1. The SMILES string of the molecule is COc1cc(/C=C(\C#N)C(=O)Nc2ccc(C)c(C)c2)cc(I)c1OCc1ccc([N+](=O)[O-])cc1. The van der Waals surface area contributed by atoms with Gasteiger partial charge in [-0.15, -0.1) is 0 Å². The van der Waals surface area contributed by atoms with E-state index in [1.165, 1.54) is 25.3 Å². The third-order valence-electron chi connectivity index (χ3n) is 5.22. The Balaban J connectivity index is 1.79. The third kappa shape index (κ3) is 6.58. The van der Waals surface area contributed by atoms with E-state index >= 15 is 0 Å². The molecular weight excluding hydrogens is 561 g/mol. The number of nitro groups is 1. The number of aryl methyl sites for hydroxylation is 2. The van der Waals surface area contributed by atoms with Crippen molar-refractivity contribution in [2.45, 2.75) is 20.5 Å². The van der Waals surface area contributed by atoms with Gasteiger partial charge in [0.2, 0.25) is 0 Å². The quantitative estimate of drug-likeness (QED) is 0.115. The predicted octanol–water partition coefficient (Wildman–Crippen LogP) is 5.95. The lowest BCUT2D eigenvalue weighted by atomic mass is 10.1. The van der Waals surface area contributed by atoms with Crippen molar-refractivity contribution in [3.8, 4) is 17.6 Å². The fourth-order valence-corrected chi connectivity index (χ4v) is 3.95. The molecule has 0 bridgehead atoms. The topological polar surface area (TPSA) is 114 Å². The van der Waals surface area contributed by atoms with Crippen LogP contribution in [0.1, 0.15) is 22.3 Å². The second-order valence-electron chi connectivity index (χ2n) is 7.67. The van der Waals surface area contributed by atoms with Gasteiger partial charge in [-0.1, -0.05) is 6.07 Å². The molecule has 0 radical (unpaired) electrons.